The molecule has 0 atom stereocenters. The topological polar surface area (TPSA) is 148 Å². The smallest absolute Gasteiger partial charge is 0.265 e. The quantitative estimate of drug-likeness (QED) is 0.227. The minimum atomic E-state index is -0.475. The number of hydrogen-bond acceptors (Lipinski definition) is 8. The molecule has 0 bridgehead atoms. The second-order valence-electron chi connectivity index (χ2n) is 7.48. The maximum atomic E-state index is 15.0. The minimum absolute atomic E-state index is 0.326. The first kappa shape index (κ1) is 22.0. The van der Waals surface area contributed by atoms with Gasteiger partial charge in [0, 0.05) is 39.1 Å². The summed E-state index contributed by atoms with van der Waals surface area (Å²) in [5.74, 6) is 0.00952. The van der Waals surface area contributed by atoms with Gasteiger partial charge in [-0.25, -0.2) is 14.4 Å². The monoisotopic (exact) mass is 486 g/mol. The first-order valence-electron chi connectivity index (χ1n) is 10.4. The number of carbonyl (C=O) groups is 1. The molecule has 0 spiro atoms. The first-order chi connectivity index (χ1) is 17.0. The Morgan fingerprint density at radius 3 is 2.86 bits per heavy atom. The maximum Gasteiger partial charge on any atom is 0.265 e. The normalized spacial score (nSPS) is 12.0. The fourth-order valence-electron chi connectivity index (χ4n) is 3.51. The third-order valence-corrected chi connectivity index (χ3v) is 6.23. The Hall–Kier alpha value is -4.77. The molecule has 0 aliphatic heterocycles. The zero-order valence-electron chi connectivity index (χ0n) is 18.1. The molecular formula is C24H19FN8OS. The third-order valence-electron chi connectivity index (χ3n) is 5.15. The molecule has 0 radical (unpaired) electrons. The summed E-state index contributed by atoms with van der Waals surface area (Å²) in [6, 6.07) is 12.1. The number of benzene rings is 2. The van der Waals surface area contributed by atoms with Gasteiger partial charge < -0.3 is 22.1 Å². The number of H-pyrrole nitrogens is 1. The summed E-state index contributed by atoms with van der Waals surface area (Å²) in [6.45, 7) is 0. The van der Waals surface area contributed by atoms with E-state index in [1.54, 1.807) is 24.5 Å². The molecular weight excluding hydrogens is 467 g/mol. The van der Waals surface area contributed by atoms with Crippen LogP contribution in [0.1, 0.15) is 9.67 Å². The Morgan fingerprint density at radius 1 is 1.14 bits per heavy atom. The van der Waals surface area contributed by atoms with Crippen LogP contribution in [-0.2, 0) is 0 Å². The van der Waals surface area contributed by atoms with Gasteiger partial charge in [-0.05, 0) is 54.7 Å². The van der Waals surface area contributed by atoms with E-state index in [4.69, 9.17) is 11.5 Å². The highest BCUT2D eigenvalue weighted by Gasteiger charge is 2.16. The number of thiophene rings is 1. The lowest BCUT2D eigenvalue weighted by Crippen LogP contribution is -2.21. The number of halogens is 1. The van der Waals surface area contributed by atoms with Crippen molar-refractivity contribution in [3.8, 4) is 11.4 Å². The van der Waals surface area contributed by atoms with Crippen molar-refractivity contribution in [2.45, 2.75) is 0 Å². The van der Waals surface area contributed by atoms with Gasteiger partial charge >= 0.3 is 0 Å². The van der Waals surface area contributed by atoms with E-state index in [2.05, 4.69) is 30.8 Å². The summed E-state index contributed by atoms with van der Waals surface area (Å²) >= 11 is 1.15. The van der Waals surface area contributed by atoms with Crippen molar-refractivity contribution in [1.29, 1.82) is 0 Å². The molecule has 0 aliphatic rings. The molecule has 1 amide bonds. The van der Waals surface area contributed by atoms with E-state index in [0.717, 1.165) is 27.9 Å². The molecule has 5 rings (SSSR count). The number of nitrogens with zero attached hydrogens (tertiary/aromatic N) is 3. The highest BCUT2D eigenvalue weighted by Crippen LogP contribution is 2.32. The number of nitrogens with two attached hydrogens (primary N) is 2. The van der Waals surface area contributed by atoms with Crippen LogP contribution < -0.4 is 22.1 Å². The molecule has 9 nitrogen and oxygen atoms in total. The van der Waals surface area contributed by atoms with Crippen molar-refractivity contribution in [2.24, 2.45) is 11.5 Å². The van der Waals surface area contributed by atoms with E-state index < -0.39 is 11.7 Å². The van der Waals surface area contributed by atoms with Gasteiger partial charge in [0.2, 0.25) is 0 Å². The SMILES string of the molecule is N/C=C\C(=C/N)NC(=O)c1cc2c(F)cc(-c3nccc(Nc4ccc5[nH]ncc5c4)n3)cc2s1. The number of aromatic amines is 1. The van der Waals surface area contributed by atoms with Crippen LogP contribution in [0.3, 0.4) is 0 Å². The van der Waals surface area contributed by atoms with Crippen LogP contribution in [0.25, 0.3) is 32.4 Å². The fourth-order valence-corrected chi connectivity index (χ4v) is 4.52. The van der Waals surface area contributed by atoms with Crippen LogP contribution in [0.4, 0.5) is 15.9 Å². The summed E-state index contributed by atoms with van der Waals surface area (Å²) in [6.07, 6.45) is 7.27. The van der Waals surface area contributed by atoms with Gasteiger partial charge in [0.25, 0.3) is 5.91 Å². The van der Waals surface area contributed by atoms with Gasteiger partial charge in [-0.3, -0.25) is 9.89 Å². The van der Waals surface area contributed by atoms with Crippen molar-refractivity contribution in [2.75, 3.05) is 5.32 Å². The molecule has 2 aromatic carbocycles. The predicted molar refractivity (Wildman–Crippen MR) is 135 cm³/mol. The molecule has 3 aromatic heterocycles. The van der Waals surface area contributed by atoms with Gasteiger partial charge in [-0.2, -0.15) is 5.10 Å². The van der Waals surface area contributed by atoms with Crippen molar-refractivity contribution >= 4 is 49.7 Å². The van der Waals surface area contributed by atoms with Crippen LogP contribution >= 0.6 is 11.3 Å². The van der Waals surface area contributed by atoms with Crippen molar-refractivity contribution in [3.63, 3.8) is 0 Å². The van der Waals surface area contributed by atoms with Crippen molar-refractivity contribution in [3.05, 3.63) is 89.7 Å². The van der Waals surface area contributed by atoms with Gasteiger partial charge in [0.05, 0.1) is 22.3 Å². The van der Waals surface area contributed by atoms with Crippen LogP contribution in [-0.4, -0.2) is 26.1 Å². The van der Waals surface area contributed by atoms with E-state index in [1.165, 1.54) is 30.6 Å². The van der Waals surface area contributed by atoms with Crippen LogP contribution in [0.15, 0.2) is 79.0 Å². The summed E-state index contributed by atoms with van der Waals surface area (Å²) in [7, 11) is 0. The summed E-state index contributed by atoms with van der Waals surface area (Å²) < 4.78 is 15.5. The standard InChI is InChI=1S/C24H19FN8OS/c25-18-8-13(9-20-17(18)10-21(35-20)24(34)31-16(11-27)3-5-26)23-28-6-4-22(32-23)30-15-1-2-19-14(7-15)12-29-33-19/h1-12H,26-27H2,(H,29,33)(H,31,34)(H,28,30,32)/b5-3-,16-11+. The molecule has 0 fully saturated rings. The Kier molecular flexibility index (Phi) is 5.81. The molecule has 35 heavy (non-hydrogen) atoms. The molecule has 0 aliphatic carbocycles. The number of allylic oxidation sites excluding steroid dienone is 1. The molecule has 0 saturated carbocycles. The summed E-state index contributed by atoms with van der Waals surface area (Å²) in [5.41, 5.74) is 13.4. The largest absolute Gasteiger partial charge is 0.405 e. The van der Waals surface area contributed by atoms with E-state index in [1.807, 2.05) is 18.2 Å². The highest BCUT2D eigenvalue weighted by atomic mass is 32.1. The molecule has 174 valence electrons. The Labute approximate surface area is 202 Å². The number of anilines is 2. The Morgan fingerprint density at radius 2 is 2.03 bits per heavy atom. The fraction of sp³-hybridized carbons (Fsp3) is 0. The van der Waals surface area contributed by atoms with Gasteiger partial charge in [0.1, 0.15) is 11.6 Å². The molecule has 0 unspecified atom stereocenters. The van der Waals surface area contributed by atoms with Crippen molar-refractivity contribution in [1.82, 2.24) is 25.5 Å². The molecule has 11 heteroatoms. The Bertz CT molecular complexity index is 1620. The zero-order valence-corrected chi connectivity index (χ0v) is 18.9. The van der Waals surface area contributed by atoms with Crippen molar-refractivity contribution < 1.29 is 9.18 Å². The van der Waals surface area contributed by atoms with Crippen LogP contribution in [0.2, 0.25) is 0 Å². The third kappa shape index (κ3) is 4.52. The maximum absolute atomic E-state index is 15.0. The summed E-state index contributed by atoms with van der Waals surface area (Å²) in [4.78, 5) is 21.7. The van der Waals surface area contributed by atoms with E-state index >= 15 is 0 Å². The number of rotatable bonds is 6. The average molecular weight is 487 g/mol. The minimum Gasteiger partial charge on any atom is -0.405 e. The second-order valence-corrected chi connectivity index (χ2v) is 8.56. The number of fused-ring (bicyclic) bond motifs is 2. The zero-order chi connectivity index (χ0) is 24.4. The molecule has 0 saturated heterocycles. The van der Waals surface area contributed by atoms with E-state index in [-0.39, 0.29) is 0 Å². The average Bonchev–Trinajstić information content (AvgIpc) is 3.51. The van der Waals surface area contributed by atoms with Gasteiger partial charge in [-0.1, -0.05) is 0 Å². The van der Waals surface area contributed by atoms with Gasteiger partial charge in [0.15, 0.2) is 5.82 Å². The number of nitrogens with one attached hydrogen (secondary N) is 3. The first-order valence-corrected chi connectivity index (χ1v) is 11.2. The number of aromatic nitrogens is 4. The predicted octanol–water partition coefficient (Wildman–Crippen LogP) is 4.12. The number of hydrogen-bond donors (Lipinski definition) is 5. The molecule has 5 aromatic rings. The molecule has 7 N–H and O–H groups in total. The number of amides is 1. The van der Waals surface area contributed by atoms with E-state index in [0.29, 0.717) is 37.9 Å². The summed E-state index contributed by atoms with van der Waals surface area (Å²) in [5, 5.41) is 14.1. The lowest BCUT2D eigenvalue weighted by atomic mass is 10.1. The van der Waals surface area contributed by atoms with E-state index in [9.17, 15) is 9.18 Å². The highest BCUT2D eigenvalue weighted by molar-refractivity contribution is 7.20. The van der Waals surface area contributed by atoms with Gasteiger partial charge in [-0.15, -0.1) is 11.3 Å². The Balaban J connectivity index is 1.43. The molecule has 3 heterocycles. The lowest BCUT2D eigenvalue weighted by molar-refractivity contribution is 0.0971. The lowest BCUT2D eigenvalue weighted by Gasteiger charge is -2.08. The van der Waals surface area contributed by atoms with Crippen LogP contribution in [0.5, 0.6) is 0 Å². The second kappa shape index (κ2) is 9.23. The number of carbonyl (C=O) groups excluding carboxylic acids is 1. The van der Waals surface area contributed by atoms with Crippen LogP contribution in [0, 0.1) is 5.82 Å².